The van der Waals surface area contributed by atoms with Gasteiger partial charge in [0.2, 0.25) is 0 Å². The van der Waals surface area contributed by atoms with Gasteiger partial charge in [-0.05, 0) is 6.42 Å². The second-order valence-electron chi connectivity index (χ2n) is 7.42. The summed E-state index contributed by atoms with van der Waals surface area (Å²) in [5, 5.41) is 0. The Labute approximate surface area is 165 Å². The van der Waals surface area contributed by atoms with Gasteiger partial charge in [0, 0.05) is 18.6 Å². The Morgan fingerprint density at radius 3 is 1.85 bits per heavy atom. The summed E-state index contributed by atoms with van der Waals surface area (Å²) < 4.78 is 17.5. The molecule has 6 heteroatoms. The zero-order valence-electron chi connectivity index (χ0n) is 16.9. The molecular formula is C21H38NO4P. The minimum atomic E-state index is -4.67. The molecule has 1 heterocycles. The van der Waals surface area contributed by atoms with Crippen LogP contribution in [0.1, 0.15) is 96.4 Å². The third kappa shape index (κ3) is 14.0. The molecule has 0 amide bonds. The van der Waals surface area contributed by atoms with Crippen molar-refractivity contribution in [1.82, 2.24) is 0 Å². The van der Waals surface area contributed by atoms with Crippen LogP contribution in [0.4, 0.5) is 0 Å². The normalized spacial score (nSPS) is 14.8. The van der Waals surface area contributed by atoms with Crippen molar-refractivity contribution in [3.8, 4) is 0 Å². The van der Waals surface area contributed by atoms with Crippen molar-refractivity contribution in [2.45, 2.75) is 96.4 Å². The molecule has 0 fully saturated rings. The summed E-state index contributed by atoms with van der Waals surface area (Å²) in [4.78, 5) is 19.7. The molecule has 0 spiro atoms. The highest BCUT2D eigenvalue weighted by molar-refractivity contribution is 7.44. The maximum absolute atomic E-state index is 10.9. The summed E-state index contributed by atoms with van der Waals surface area (Å²) in [6, 6.07) is 5.65. The van der Waals surface area contributed by atoms with E-state index in [9.17, 15) is 9.46 Å². The van der Waals surface area contributed by atoms with E-state index in [0.717, 1.165) is 19.3 Å². The molecule has 0 aromatic carbocycles. The van der Waals surface area contributed by atoms with Crippen molar-refractivity contribution in [2.75, 3.05) is 6.61 Å². The van der Waals surface area contributed by atoms with Gasteiger partial charge in [-0.25, -0.2) is 4.57 Å². The number of pyridine rings is 1. The minimum absolute atomic E-state index is 0.0238. The second kappa shape index (κ2) is 15.2. The molecule has 1 N–H and O–H groups in total. The van der Waals surface area contributed by atoms with E-state index in [1.165, 1.54) is 64.2 Å². The molecule has 0 radical (unpaired) electrons. The van der Waals surface area contributed by atoms with Gasteiger partial charge in [0.15, 0.2) is 18.4 Å². The van der Waals surface area contributed by atoms with Crippen LogP contribution >= 0.6 is 7.82 Å². The highest BCUT2D eigenvalue weighted by Crippen LogP contribution is 2.31. The molecule has 1 aromatic heterocycles. The van der Waals surface area contributed by atoms with E-state index < -0.39 is 7.82 Å². The first kappa shape index (κ1) is 24.3. The topological polar surface area (TPSA) is 73.5 Å². The first-order chi connectivity index (χ1) is 13.0. The molecular weight excluding hydrogens is 361 g/mol. The van der Waals surface area contributed by atoms with Crippen LogP contribution in [0, 0.1) is 0 Å². The Balaban J connectivity index is 2.12. The van der Waals surface area contributed by atoms with Crippen LogP contribution in [-0.2, 0) is 9.09 Å². The van der Waals surface area contributed by atoms with E-state index in [2.05, 4.69) is 11.4 Å². The Bertz CT molecular complexity index is 506. The van der Waals surface area contributed by atoms with E-state index >= 15 is 0 Å². The van der Waals surface area contributed by atoms with Gasteiger partial charge in [-0.15, -0.1) is 0 Å². The first-order valence-electron chi connectivity index (χ1n) is 10.7. The van der Waals surface area contributed by atoms with Crippen molar-refractivity contribution in [3.05, 3.63) is 30.6 Å². The molecule has 5 nitrogen and oxygen atoms in total. The lowest BCUT2D eigenvalue weighted by atomic mass is 10.0. The Hall–Kier alpha value is -0.740. The molecule has 2 unspecified atom stereocenters. The summed E-state index contributed by atoms with van der Waals surface area (Å²) in [7, 11) is -4.67. The van der Waals surface area contributed by atoms with Crippen molar-refractivity contribution in [2.24, 2.45) is 0 Å². The lowest BCUT2D eigenvalue weighted by Gasteiger charge is -2.18. The number of hydrogen-bond acceptors (Lipinski definition) is 3. The van der Waals surface area contributed by atoms with E-state index in [1.807, 2.05) is 35.2 Å². The number of hydrogen-bond donors (Lipinski definition) is 1. The number of aromatic nitrogens is 1. The number of unbranched alkanes of at least 4 members (excludes halogenated alkanes) is 11. The molecule has 0 aliphatic heterocycles. The fourth-order valence-corrected chi connectivity index (χ4v) is 3.74. The van der Waals surface area contributed by atoms with Crippen LogP contribution in [0.2, 0.25) is 0 Å². The second-order valence-corrected chi connectivity index (χ2v) is 8.61. The van der Waals surface area contributed by atoms with E-state index in [1.54, 1.807) is 0 Å². The maximum Gasteiger partial charge on any atom is 0.265 e. The smallest absolute Gasteiger partial charge is 0.265 e. The zero-order valence-corrected chi connectivity index (χ0v) is 17.8. The van der Waals surface area contributed by atoms with Crippen LogP contribution < -0.4 is 9.46 Å². The maximum atomic E-state index is 10.9. The number of phosphoric acid groups is 1. The molecule has 0 aliphatic rings. The predicted molar refractivity (Wildman–Crippen MR) is 107 cm³/mol. The van der Waals surface area contributed by atoms with E-state index in [-0.39, 0.29) is 12.6 Å². The fourth-order valence-electron chi connectivity index (χ4n) is 3.38. The van der Waals surface area contributed by atoms with Crippen molar-refractivity contribution in [1.29, 1.82) is 0 Å². The molecule has 0 aliphatic carbocycles. The molecule has 0 saturated carbocycles. The van der Waals surface area contributed by atoms with Gasteiger partial charge < -0.3 is 14.3 Å². The van der Waals surface area contributed by atoms with Gasteiger partial charge in [0.1, 0.15) is 6.61 Å². The Morgan fingerprint density at radius 1 is 0.889 bits per heavy atom. The highest BCUT2D eigenvalue weighted by Gasteiger charge is 2.20. The van der Waals surface area contributed by atoms with Crippen molar-refractivity contribution in [3.63, 3.8) is 0 Å². The fraction of sp³-hybridized carbons (Fsp3) is 0.762. The van der Waals surface area contributed by atoms with Gasteiger partial charge in [0.25, 0.3) is 7.82 Å². The summed E-state index contributed by atoms with van der Waals surface area (Å²) in [5.74, 6) is 0. The largest absolute Gasteiger partial charge is 0.756 e. The van der Waals surface area contributed by atoms with Crippen molar-refractivity contribution >= 4 is 7.82 Å². The van der Waals surface area contributed by atoms with Gasteiger partial charge in [-0.1, -0.05) is 83.6 Å². The van der Waals surface area contributed by atoms with Crippen LogP contribution in [0.15, 0.2) is 30.6 Å². The lowest BCUT2D eigenvalue weighted by Crippen LogP contribution is -2.41. The predicted octanol–water partition coefficient (Wildman–Crippen LogP) is 5.08. The average molecular weight is 400 g/mol. The molecule has 156 valence electrons. The summed E-state index contributed by atoms with van der Waals surface area (Å²) in [6.07, 6.45) is 20.2. The van der Waals surface area contributed by atoms with Crippen LogP contribution in [0.3, 0.4) is 0 Å². The number of nitrogens with zero attached hydrogens (tertiary/aromatic N) is 1. The average Bonchev–Trinajstić information content (AvgIpc) is 2.65. The monoisotopic (exact) mass is 399 g/mol. The molecule has 0 bridgehead atoms. The standard InChI is InChI=1S/C21H38NO4P/c1-2-3-4-5-6-7-8-9-10-11-12-14-17-21(20-26-27(23,24)25)22-18-15-13-16-19-22/h13,15-16,18-19,21H,2-12,14,17,20H2,1H3,(H-,23,24,25). The van der Waals surface area contributed by atoms with E-state index in [0.29, 0.717) is 0 Å². The molecule has 0 saturated heterocycles. The van der Waals surface area contributed by atoms with Gasteiger partial charge in [0.05, 0.1) is 0 Å². The highest BCUT2D eigenvalue weighted by atomic mass is 31.2. The molecule has 2 atom stereocenters. The van der Waals surface area contributed by atoms with Crippen LogP contribution in [0.25, 0.3) is 0 Å². The van der Waals surface area contributed by atoms with Crippen LogP contribution in [0.5, 0.6) is 0 Å². The molecule has 1 aromatic rings. The zero-order chi connectivity index (χ0) is 19.8. The number of rotatable bonds is 17. The molecule has 1 rings (SSSR count). The third-order valence-electron chi connectivity index (χ3n) is 4.98. The van der Waals surface area contributed by atoms with Gasteiger partial charge >= 0.3 is 0 Å². The summed E-state index contributed by atoms with van der Waals surface area (Å²) in [6.45, 7) is 2.23. The van der Waals surface area contributed by atoms with Crippen LogP contribution in [-0.4, -0.2) is 11.5 Å². The van der Waals surface area contributed by atoms with Gasteiger partial charge in [-0.2, -0.15) is 0 Å². The van der Waals surface area contributed by atoms with Crippen molar-refractivity contribution < 1.29 is 23.4 Å². The summed E-state index contributed by atoms with van der Waals surface area (Å²) >= 11 is 0. The van der Waals surface area contributed by atoms with Gasteiger partial charge in [-0.3, -0.25) is 4.57 Å². The van der Waals surface area contributed by atoms with E-state index in [4.69, 9.17) is 4.89 Å². The lowest BCUT2D eigenvalue weighted by molar-refractivity contribution is -0.725. The summed E-state index contributed by atoms with van der Waals surface area (Å²) in [5.41, 5.74) is 0. The SMILES string of the molecule is CCCCCCCCCCCCCCC(COP(=O)([O-])O)[n+]1ccccc1. The third-order valence-corrected chi connectivity index (χ3v) is 5.46. The number of phosphoric ester groups is 1. The quantitative estimate of drug-likeness (QED) is 0.225. The first-order valence-corrected chi connectivity index (χ1v) is 12.2. The molecule has 27 heavy (non-hydrogen) atoms. The minimum Gasteiger partial charge on any atom is -0.756 e. The Kier molecular flexibility index (Phi) is 13.7. The Morgan fingerprint density at radius 2 is 1.37 bits per heavy atom.